The molecule has 1 aromatic heterocycles. The third-order valence-electron chi connectivity index (χ3n) is 5.07. The van der Waals surface area contributed by atoms with Crippen LogP contribution in [0, 0.1) is 0 Å². The number of amides is 1. The van der Waals surface area contributed by atoms with Crippen molar-refractivity contribution in [3.05, 3.63) is 60.3 Å². The lowest BCUT2D eigenvalue weighted by molar-refractivity contribution is -0.118. The van der Waals surface area contributed by atoms with Crippen LogP contribution in [0.2, 0.25) is 0 Å². The third kappa shape index (κ3) is 4.28. The molecule has 0 atom stereocenters. The topological polar surface area (TPSA) is 36.4 Å². The first-order chi connectivity index (χ1) is 13.8. The number of anilines is 1. The minimum absolute atomic E-state index is 0.800. The summed E-state index contributed by atoms with van der Waals surface area (Å²) in [6, 6.07) is 17.4. The van der Waals surface area contributed by atoms with Crippen molar-refractivity contribution in [3.8, 4) is 0 Å². The highest BCUT2D eigenvalue weighted by Gasteiger charge is 2.15. The number of aromatic nitrogens is 1. The number of hydrogen-bond donors (Lipinski definition) is 0. The quantitative estimate of drug-likeness (QED) is 0.442. The molecule has 3 aromatic rings. The Morgan fingerprint density at radius 3 is 2.54 bits per heavy atom. The summed E-state index contributed by atoms with van der Waals surface area (Å²) in [5.74, 6) is 0.933. The minimum atomic E-state index is 0.800. The second-order valence-electron chi connectivity index (χ2n) is 6.78. The van der Waals surface area contributed by atoms with Gasteiger partial charge < -0.3 is 9.80 Å². The molecular weight excluding hydrogens is 386 g/mol. The van der Waals surface area contributed by atoms with Crippen molar-refractivity contribution >= 4 is 46.5 Å². The van der Waals surface area contributed by atoms with Crippen LogP contribution in [-0.4, -0.2) is 48.7 Å². The van der Waals surface area contributed by atoms with E-state index in [4.69, 9.17) is 0 Å². The zero-order valence-corrected chi connectivity index (χ0v) is 17.5. The van der Waals surface area contributed by atoms with Crippen molar-refractivity contribution in [2.45, 2.75) is 15.5 Å². The fourth-order valence-electron chi connectivity index (χ4n) is 3.40. The zero-order valence-electron chi connectivity index (χ0n) is 15.9. The summed E-state index contributed by atoms with van der Waals surface area (Å²) in [7, 11) is 0. The number of pyridine rings is 1. The molecule has 4 nitrogen and oxygen atoms in total. The van der Waals surface area contributed by atoms with E-state index >= 15 is 0 Å². The summed E-state index contributed by atoms with van der Waals surface area (Å²) < 4.78 is 0. The van der Waals surface area contributed by atoms with Crippen LogP contribution in [0.25, 0.3) is 10.9 Å². The molecule has 1 saturated heterocycles. The van der Waals surface area contributed by atoms with Crippen molar-refractivity contribution in [2.75, 3.05) is 37.3 Å². The van der Waals surface area contributed by atoms with Gasteiger partial charge in [-0.3, -0.25) is 9.78 Å². The molecule has 1 amide bonds. The van der Waals surface area contributed by atoms with Gasteiger partial charge >= 0.3 is 0 Å². The maximum Gasteiger partial charge on any atom is 0.209 e. The highest BCUT2D eigenvalue weighted by molar-refractivity contribution is 7.99. The van der Waals surface area contributed by atoms with Gasteiger partial charge in [-0.25, -0.2) is 0 Å². The molecule has 0 spiro atoms. The minimum Gasteiger partial charge on any atom is -0.368 e. The van der Waals surface area contributed by atoms with E-state index in [1.54, 1.807) is 11.8 Å². The van der Waals surface area contributed by atoms with Crippen LogP contribution in [-0.2, 0) is 10.5 Å². The van der Waals surface area contributed by atoms with Crippen molar-refractivity contribution in [3.63, 3.8) is 0 Å². The second kappa shape index (κ2) is 8.88. The van der Waals surface area contributed by atoms with E-state index in [9.17, 15) is 4.79 Å². The van der Waals surface area contributed by atoms with Crippen LogP contribution >= 0.6 is 23.5 Å². The molecule has 2 heterocycles. The monoisotopic (exact) mass is 409 g/mol. The van der Waals surface area contributed by atoms with Crippen molar-refractivity contribution in [2.24, 2.45) is 0 Å². The van der Waals surface area contributed by atoms with Gasteiger partial charge in [0.2, 0.25) is 6.41 Å². The summed E-state index contributed by atoms with van der Waals surface area (Å²) in [6.07, 6.45) is 4.94. The third-order valence-corrected chi connectivity index (χ3v) is 6.94. The lowest BCUT2D eigenvalue weighted by Crippen LogP contribution is -2.45. The predicted octanol–water partition coefficient (Wildman–Crippen LogP) is 4.53. The maximum atomic E-state index is 10.9. The summed E-state index contributed by atoms with van der Waals surface area (Å²) >= 11 is 3.60. The summed E-state index contributed by atoms with van der Waals surface area (Å²) in [5, 5.41) is 1.22. The Hall–Kier alpha value is -2.18. The molecule has 0 bridgehead atoms. The number of thioether (sulfide) groups is 2. The number of nitrogens with zero attached hydrogens (tertiary/aromatic N) is 3. The second-order valence-corrected chi connectivity index (χ2v) is 8.67. The van der Waals surface area contributed by atoms with Gasteiger partial charge in [0.15, 0.2) is 0 Å². The highest BCUT2D eigenvalue weighted by atomic mass is 32.2. The van der Waals surface area contributed by atoms with Crippen molar-refractivity contribution in [1.82, 2.24) is 9.88 Å². The van der Waals surface area contributed by atoms with Gasteiger partial charge in [-0.2, -0.15) is 0 Å². The van der Waals surface area contributed by atoms with Crippen molar-refractivity contribution < 1.29 is 4.79 Å². The van der Waals surface area contributed by atoms with E-state index < -0.39 is 0 Å². The van der Waals surface area contributed by atoms with Gasteiger partial charge in [-0.15, -0.1) is 23.5 Å². The first-order valence-electron chi connectivity index (χ1n) is 9.35. The lowest BCUT2D eigenvalue weighted by atomic mass is 10.2. The van der Waals surface area contributed by atoms with Crippen molar-refractivity contribution in [1.29, 1.82) is 0 Å². The standard InChI is InChI=1S/C22H23N3OS2/c1-27-19-6-7-20-21(14-19)23-9-8-22(20)28-15-17-2-4-18(5-3-17)25-12-10-24(16-26)11-13-25/h2-9,14,16H,10-13,15H2,1H3. The van der Waals surface area contributed by atoms with E-state index in [1.807, 2.05) is 22.9 Å². The van der Waals surface area contributed by atoms with Gasteiger partial charge in [0.05, 0.1) is 5.52 Å². The van der Waals surface area contributed by atoms with Gasteiger partial charge in [-0.1, -0.05) is 18.2 Å². The molecule has 1 aliphatic heterocycles. The van der Waals surface area contributed by atoms with E-state index in [2.05, 4.69) is 64.7 Å². The molecule has 1 fully saturated rings. The fraction of sp³-hybridized carbons (Fsp3) is 0.273. The Morgan fingerprint density at radius 1 is 1.04 bits per heavy atom. The van der Waals surface area contributed by atoms with Crippen LogP contribution in [0.5, 0.6) is 0 Å². The van der Waals surface area contributed by atoms with Crippen LogP contribution in [0.4, 0.5) is 5.69 Å². The smallest absolute Gasteiger partial charge is 0.209 e. The van der Waals surface area contributed by atoms with E-state index in [0.717, 1.165) is 43.9 Å². The van der Waals surface area contributed by atoms with Gasteiger partial charge in [-0.05, 0) is 42.2 Å². The molecule has 0 unspecified atom stereocenters. The zero-order chi connectivity index (χ0) is 19.3. The normalized spacial score (nSPS) is 14.5. The van der Waals surface area contributed by atoms with Gasteiger partial charge in [0.1, 0.15) is 0 Å². The highest BCUT2D eigenvalue weighted by Crippen LogP contribution is 2.31. The van der Waals surface area contributed by atoms with E-state index in [-0.39, 0.29) is 0 Å². The number of carbonyl (C=O) groups excluding carboxylic acids is 1. The number of fused-ring (bicyclic) bond motifs is 1. The summed E-state index contributed by atoms with van der Waals surface area (Å²) in [6.45, 7) is 3.39. The number of hydrogen-bond acceptors (Lipinski definition) is 5. The Balaban J connectivity index is 1.41. The van der Waals surface area contributed by atoms with Gasteiger partial charge in [0.25, 0.3) is 0 Å². The number of carbonyl (C=O) groups is 1. The molecule has 0 saturated carbocycles. The number of piperazine rings is 1. The van der Waals surface area contributed by atoms with Crippen LogP contribution in [0.1, 0.15) is 5.56 Å². The SMILES string of the molecule is CSc1ccc2c(SCc3ccc(N4CCN(C=O)CC4)cc3)ccnc2c1. The number of benzene rings is 2. The van der Waals surface area contributed by atoms with Crippen LogP contribution in [0.15, 0.2) is 64.5 Å². The molecule has 0 radical (unpaired) electrons. The molecule has 0 N–H and O–H groups in total. The fourth-order valence-corrected chi connectivity index (χ4v) is 4.84. The van der Waals surface area contributed by atoms with Crippen LogP contribution in [0.3, 0.4) is 0 Å². The maximum absolute atomic E-state index is 10.9. The molecular formula is C22H23N3OS2. The molecule has 4 rings (SSSR count). The number of rotatable bonds is 6. The molecule has 144 valence electrons. The average Bonchev–Trinajstić information content (AvgIpc) is 2.77. The molecule has 6 heteroatoms. The van der Waals surface area contributed by atoms with E-state index in [1.165, 1.54) is 26.4 Å². The first-order valence-corrected chi connectivity index (χ1v) is 11.6. The Bertz CT molecular complexity index is 954. The summed E-state index contributed by atoms with van der Waals surface area (Å²) in [5.41, 5.74) is 3.60. The van der Waals surface area contributed by atoms with Crippen LogP contribution < -0.4 is 4.90 Å². The van der Waals surface area contributed by atoms with E-state index in [0.29, 0.717) is 0 Å². The first kappa shape index (κ1) is 19.2. The summed E-state index contributed by atoms with van der Waals surface area (Å²) in [4.78, 5) is 22.1. The Morgan fingerprint density at radius 2 is 1.82 bits per heavy atom. The Labute approximate surface area is 174 Å². The Kier molecular flexibility index (Phi) is 6.07. The molecule has 28 heavy (non-hydrogen) atoms. The average molecular weight is 410 g/mol. The molecule has 1 aliphatic rings. The largest absolute Gasteiger partial charge is 0.368 e. The predicted molar refractivity (Wildman–Crippen MR) is 119 cm³/mol. The lowest BCUT2D eigenvalue weighted by Gasteiger charge is -2.34. The molecule has 2 aromatic carbocycles. The molecule has 0 aliphatic carbocycles. The van der Waals surface area contributed by atoms with Gasteiger partial charge in [0, 0.05) is 59.0 Å².